The van der Waals surface area contributed by atoms with Crippen molar-refractivity contribution in [1.82, 2.24) is 31.5 Å². The third kappa shape index (κ3) is 21.7. The van der Waals surface area contributed by atoms with Crippen LogP contribution in [0.2, 0.25) is 0 Å². The second kappa shape index (κ2) is 28.8. The van der Waals surface area contributed by atoms with E-state index in [9.17, 15) is 38.4 Å². The van der Waals surface area contributed by atoms with E-state index in [4.69, 9.17) is 29.8 Å². The monoisotopic (exact) mass is 834 g/mol. The summed E-state index contributed by atoms with van der Waals surface area (Å²) in [4.78, 5) is 96.8. The molecule has 0 saturated heterocycles. The number of urea groups is 1. The molecule has 0 fully saturated rings. The van der Waals surface area contributed by atoms with E-state index in [-0.39, 0.29) is 95.1 Å². The number of anilines is 1. The quantitative estimate of drug-likeness (QED) is 0.0315. The van der Waals surface area contributed by atoms with Crippen molar-refractivity contribution in [2.45, 2.75) is 51.6 Å². The maximum absolute atomic E-state index is 13.3. The molecule has 328 valence electrons. The minimum Gasteiger partial charge on any atom is -0.478 e. The summed E-state index contributed by atoms with van der Waals surface area (Å²) in [6, 6.07) is 3.17. The fraction of sp³-hybridized carbons (Fsp3) is 0.579. The highest BCUT2D eigenvalue weighted by atomic mass is 16.6. The number of ether oxygens (including phenoxy) is 4. The molecule has 9 N–H and O–H groups in total. The highest BCUT2D eigenvalue weighted by Gasteiger charge is 2.27. The Labute approximate surface area is 342 Å². The highest BCUT2D eigenvalue weighted by molar-refractivity contribution is 6.13. The molecule has 1 aromatic carbocycles. The lowest BCUT2D eigenvalue weighted by molar-refractivity contribution is -0.137. The number of carbonyl (C=O) groups excluding carboxylic acids is 7. The number of rotatable bonds is 32. The van der Waals surface area contributed by atoms with Gasteiger partial charge < -0.3 is 61.7 Å². The lowest BCUT2D eigenvalue weighted by atomic mass is 10.0. The van der Waals surface area contributed by atoms with Crippen LogP contribution in [0.1, 0.15) is 49.9 Å². The van der Waals surface area contributed by atoms with Crippen molar-refractivity contribution in [3.05, 3.63) is 42.0 Å². The molecule has 21 heteroatoms. The number of amides is 8. The van der Waals surface area contributed by atoms with Crippen molar-refractivity contribution in [2.75, 3.05) is 90.9 Å². The van der Waals surface area contributed by atoms with Gasteiger partial charge in [-0.2, -0.15) is 0 Å². The van der Waals surface area contributed by atoms with Crippen LogP contribution in [0.4, 0.5) is 10.5 Å². The molecule has 0 aromatic heterocycles. The minimum absolute atomic E-state index is 0.0157. The Hall–Kier alpha value is -5.48. The van der Waals surface area contributed by atoms with Gasteiger partial charge in [-0.05, 0) is 43.0 Å². The number of nitrogens with zero attached hydrogens (tertiary/aromatic N) is 1. The number of benzene rings is 1. The Morgan fingerprint density at radius 1 is 0.695 bits per heavy atom. The molecular formula is C38H58N8O13. The molecule has 0 saturated carbocycles. The first-order chi connectivity index (χ1) is 28.3. The van der Waals surface area contributed by atoms with Gasteiger partial charge in [-0.3, -0.25) is 33.7 Å². The fourth-order valence-electron chi connectivity index (χ4n) is 5.27. The molecule has 1 aliphatic heterocycles. The van der Waals surface area contributed by atoms with Crippen molar-refractivity contribution in [1.29, 1.82) is 0 Å². The summed E-state index contributed by atoms with van der Waals surface area (Å²) in [6.45, 7) is 7.08. The van der Waals surface area contributed by atoms with Crippen molar-refractivity contribution >= 4 is 53.1 Å². The lowest BCUT2D eigenvalue weighted by Crippen LogP contribution is -2.54. The van der Waals surface area contributed by atoms with Gasteiger partial charge >= 0.3 is 12.0 Å². The number of primary amides is 1. The Morgan fingerprint density at radius 2 is 1.25 bits per heavy atom. The average Bonchev–Trinajstić information content (AvgIpc) is 3.51. The van der Waals surface area contributed by atoms with Crippen LogP contribution in [0.5, 0.6) is 0 Å². The summed E-state index contributed by atoms with van der Waals surface area (Å²) in [7, 11) is 0. The number of carboxylic acids is 1. The standard InChI is InChI=1S/C38H58N8O13/c1-26(2)34(36(52)45-29(4-3-13-43-38(39)55)35(51)44-28-7-5-27(6-8-28)37(53)54)42-15-14-40-31(48)12-18-56-20-22-58-24-25-59-23-21-57-19-16-41-30(47)11-17-46-32(49)9-10-33(46)50/h5-10,26,29,34,42H,3-4,11-25H2,1-2H3,(H,40,48)(H,41,47)(H,44,51)(H,45,52)(H,53,54)(H3,39,43,55)/t29-,34-/m0/s1. The van der Waals surface area contributed by atoms with Crippen molar-refractivity contribution in [3.8, 4) is 0 Å². The Balaban J connectivity index is 1.52. The molecule has 1 heterocycles. The first kappa shape index (κ1) is 49.7. The molecule has 8 amide bonds. The number of hydrogen-bond donors (Lipinski definition) is 8. The van der Waals surface area contributed by atoms with E-state index in [1.54, 1.807) is 0 Å². The number of carbonyl (C=O) groups is 8. The van der Waals surface area contributed by atoms with E-state index < -0.39 is 47.7 Å². The normalized spacial score (nSPS) is 13.2. The molecule has 59 heavy (non-hydrogen) atoms. The first-order valence-electron chi connectivity index (χ1n) is 19.4. The zero-order valence-corrected chi connectivity index (χ0v) is 33.6. The summed E-state index contributed by atoms with van der Waals surface area (Å²) >= 11 is 0. The first-order valence-corrected chi connectivity index (χ1v) is 19.4. The van der Waals surface area contributed by atoms with E-state index in [2.05, 4.69) is 31.9 Å². The Kier molecular flexibility index (Phi) is 24.3. The lowest BCUT2D eigenvalue weighted by Gasteiger charge is -2.25. The average molecular weight is 835 g/mol. The van der Waals surface area contributed by atoms with Crippen LogP contribution in [-0.4, -0.2) is 155 Å². The largest absolute Gasteiger partial charge is 0.478 e. The van der Waals surface area contributed by atoms with E-state index >= 15 is 0 Å². The van der Waals surface area contributed by atoms with Gasteiger partial charge in [0.05, 0.1) is 64.5 Å². The van der Waals surface area contributed by atoms with Gasteiger partial charge in [-0.1, -0.05) is 13.8 Å². The summed E-state index contributed by atoms with van der Waals surface area (Å²) in [5.41, 5.74) is 5.51. The van der Waals surface area contributed by atoms with Gasteiger partial charge in [-0.15, -0.1) is 0 Å². The predicted molar refractivity (Wildman–Crippen MR) is 212 cm³/mol. The van der Waals surface area contributed by atoms with E-state index in [1.807, 2.05) is 13.8 Å². The van der Waals surface area contributed by atoms with Crippen LogP contribution in [0.25, 0.3) is 0 Å². The van der Waals surface area contributed by atoms with Crippen LogP contribution in [-0.2, 0) is 47.7 Å². The van der Waals surface area contributed by atoms with Crippen molar-refractivity contribution < 1.29 is 62.4 Å². The molecule has 0 aliphatic carbocycles. The Bertz CT molecular complexity index is 1540. The number of aromatic carboxylic acids is 1. The summed E-state index contributed by atoms with van der Waals surface area (Å²) in [5, 5.41) is 25.6. The minimum atomic E-state index is -1.11. The number of nitrogens with one attached hydrogen (secondary N) is 6. The van der Waals surface area contributed by atoms with Gasteiger partial charge in [0.1, 0.15) is 6.04 Å². The molecule has 0 spiro atoms. The maximum atomic E-state index is 13.3. The van der Waals surface area contributed by atoms with Crippen LogP contribution >= 0.6 is 0 Å². The maximum Gasteiger partial charge on any atom is 0.335 e. The molecule has 2 atom stereocenters. The third-order valence-corrected chi connectivity index (χ3v) is 8.38. The van der Waals surface area contributed by atoms with Crippen LogP contribution < -0.4 is 37.6 Å². The van der Waals surface area contributed by atoms with E-state index in [0.717, 1.165) is 4.90 Å². The predicted octanol–water partition coefficient (Wildman–Crippen LogP) is -1.13. The summed E-state index contributed by atoms with van der Waals surface area (Å²) in [5.74, 6) is -3.63. The molecule has 21 nitrogen and oxygen atoms in total. The topological polar surface area (TPSA) is 295 Å². The zero-order chi connectivity index (χ0) is 43.4. The van der Waals surface area contributed by atoms with Crippen LogP contribution in [0.3, 0.4) is 0 Å². The van der Waals surface area contributed by atoms with E-state index in [0.29, 0.717) is 45.1 Å². The molecule has 1 aromatic rings. The van der Waals surface area contributed by atoms with Crippen LogP contribution in [0.15, 0.2) is 36.4 Å². The summed E-state index contributed by atoms with van der Waals surface area (Å²) < 4.78 is 21.7. The van der Waals surface area contributed by atoms with Gasteiger partial charge in [-0.25, -0.2) is 9.59 Å². The van der Waals surface area contributed by atoms with Gasteiger partial charge in [0.2, 0.25) is 23.6 Å². The molecule has 0 bridgehead atoms. The van der Waals surface area contributed by atoms with Crippen molar-refractivity contribution in [2.24, 2.45) is 11.7 Å². The molecule has 0 unspecified atom stereocenters. The number of imide groups is 1. The molecule has 0 radical (unpaired) electrons. The highest BCUT2D eigenvalue weighted by Crippen LogP contribution is 2.12. The van der Waals surface area contributed by atoms with Gasteiger partial charge in [0, 0.05) is 63.4 Å². The second-order valence-electron chi connectivity index (χ2n) is 13.4. The second-order valence-corrected chi connectivity index (χ2v) is 13.4. The summed E-state index contributed by atoms with van der Waals surface area (Å²) in [6.07, 6.45) is 2.99. The molecular weight excluding hydrogens is 776 g/mol. The zero-order valence-electron chi connectivity index (χ0n) is 33.6. The molecule has 1 aliphatic rings. The number of hydrogen-bond acceptors (Lipinski definition) is 13. The number of carboxylic acid groups (broad SMARTS) is 1. The van der Waals surface area contributed by atoms with Gasteiger partial charge in [0.25, 0.3) is 11.8 Å². The third-order valence-electron chi connectivity index (χ3n) is 8.38. The van der Waals surface area contributed by atoms with Crippen LogP contribution in [0, 0.1) is 5.92 Å². The molecule has 2 rings (SSSR count). The Morgan fingerprint density at radius 3 is 1.83 bits per heavy atom. The van der Waals surface area contributed by atoms with Gasteiger partial charge in [0.15, 0.2) is 0 Å². The number of nitrogens with two attached hydrogens (primary N) is 1. The smallest absolute Gasteiger partial charge is 0.335 e. The van der Waals surface area contributed by atoms with Crippen molar-refractivity contribution in [3.63, 3.8) is 0 Å². The SMILES string of the molecule is CC(C)[C@H](NCCNC(=O)CCOCCOCCOCCOCCNC(=O)CCN1C(=O)C=CC1=O)C(=O)N[C@@H](CCCNC(N)=O)C(=O)Nc1ccc(C(=O)O)cc1. The van der Waals surface area contributed by atoms with E-state index in [1.165, 1.54) is 36.4 Å². The fourth-order valence-corrected chi connectivity index (χ4v) is 5.27.